The number of halogens is 2. The van der Waals surface area contributed by atoms with Gasteiger partial charge < -0.3 is 4.58 Å². The van der Waals surface area contributed by atoms with E-state index < -0.39 is 0 Å². The second-order valence-corrected chi connectivity index (χ2v) is 15.3. The zero-order valence-electron chi connectivity index (χ0n) is 14.2. The highest BCUT2D eigenvalue weighted by Gasteiger charge is 2.14. The van der Waals surface area contributed by atoms with Crippen LogP contribution in [-0.2, 0) is 9.15 Å². The molecule has 0 atom stereocenters. The van der Waals surface area contributed by atoms with Crippen molar-refractivity contribution < 1.29 is 13.5 Å². The molecule has 27 heavy (non-hydrogen) atoms. The first-order chi connectivity index (χ1) is 13.2. The lowest BCUT2D eigenvalue weighted by molar-refractivity contribution is -0.0861. The molecule has 0 spiro atoms. The zero-order valence-corrected chi connectivity index (χ0v) is 18.7. The van der Waals surface area contributed by atoms with Gasteiger partial charge in [-0.3, -0.25) is 4.58 Å². The molecule has 5 rings (SSSR count). The molecule has 3 aromatic carbocycles. The van der Waals surface area contributed by atoms with E-state index in [1.165, 1.54) is 6.07 Å². The van der Waals surface area contributed by atoms with Crippen LogP contribution in [0.4, 0.5) is 4.39 Å². The smallest absolute Gasteiger partial charge is 0.236 e. The molecule has 0 saturated carbocycles. The largest absolute Gasteiger partial charge is 0.432 e. The first kappa shape index (κ1) is 18.3. The SMILES string of the molecule is Fc1ccccc1-c1c2ccccc2nc2ccc(Cl)cc12.O1O[SiH2][SiH]=[SiH]1. The monoisotopic (exact) mass is 427 g/mol. The highest BCUT2D eigenvalue weighted by Crippen LogP contribution is 2.36. The third-order valence-electron chi connectivity index (χ3n) is 4.17. The van der Waals surface area contributed by atoms with E-state index in [-0.39, 0.29) is 15.1 Å². The van der Waals surface area contributed by atoms with Crippen LogP contribution in [0.2, 0.25) is 5.02 Å². The zero-order chi connectivity index (χ0) is 18.6. The van der Waals surface area contributed by atoms with Gasteiger partial charge in [-0.2, -0.15) is 0 Å². The van der Waals surface area contributed by atoms with E-state index in [0.29, 0.717) is 27.6 Å². The van der Waals surface area contributed by atoms with Crippen molar-refractivity contribution in [2.45, 2.75) is 0 Å². The number of aromatic nitrogens is 1. The van der Waals surface area contributed by atoms with Gasteiger partial charge in [-0.15, -0.1) is 0 Å². The van der Waals surface area contributed by atoms with E-state index in [0.717, 1.165) is 27.4 Å². The van der Waals surface area contributed by atoms with Gasteiger partial charge in [0.25, 0.3) is 0 Å². The Hall–Kier alpha value is -2.04. The summed E-state index contributed by atoms with van der Waals surface area (Å²) in [5.41, 5.74) is 3.05. The predicted molar refractivity (Wildman–Crippen MR) is 115 cm³/mol. The van der Waals surface area contributed by atoms with Gasteiger partial charge in [0.15, 0.2) is 0 Å². The fourth-order valence-electron chi connectivity index (χ4n) is 3.01. The molecule has 0 unspecified atom stereocenters. The van der Waals surface area contributed by atoms with Gasteiger partial charge in [0.05, 0.1) is 11.0 Å². The van der Waals surface area contributed by atoms with Gasteiger partial charge in [0.1, 0.15) is 5.82 Å². The van der Waals surface area contributed by atoms with Crippen molar-refractivity contribution in [3.05, 3.63) is 77.6 Å². The van der Waals surface area contributed by atoms with Crippen molar-refractivity contribution >= 4 is 59.7 Å². The number of rotatable bonds is 1. The number of benzene rings is 3. The molecular formula is C19H15ClFNO2Si3. The minimum atomic E-state index is -0.250. The van der Waals surface area contributed by atoms with E-state index in [2.05, 4.69) is 14.1 Å². The van der Waals surface area contributed by atoms with Crippen LogP contribution in [-0.4, -0.2) is 31.3 Å². The van der Waals surface area contributed by atoms with Crippen molar-refractivity contribution in [2.24, 2.45) is 0 Å². The number of nitrogens with zero attached hydrogens (tertiary/aromatic N) is 1. The number of fused-ring (bicyclic) bond motifs is 2. The minimum Gasteiger partial charge on any atom is -0.432 e. The lowest BCUT2D eigenvalue weighted by Crippen LogP contribution is -1.91. The first-order valence-electron chi connectivity index (χ1n) is 8.40. The van der Waals surface area contributed by atoms with Crippen LogP contribution in [0, 0.1) is 5.82 Å². The van der Waals surface area contributed by atoms with Crippen LogP contribution in [0.25, 0.3) is 32.9 Å². The number of pyridine rings is 1. The fourth-order valence-corrected chi connectivity index (χ4v) is 8.29. The van der Waals surface area contributed by atoms with Crippen molar-refractivity contribution in [3.63, 3.8) is 0 Å². The molecule has 0 radical (unpaired) electrons. The molecule has 1 aliphatic heterocycles. The molecule has 8 heteroatoms. The molecular weight excluding hydrogens is 413 g/mol. The summed E-state index contributed by atoms with van der Waals surface area (Å²) in [5.74, 6) is -0.250. The summed E-state index contributed by atoms with van der Waals surface area (Å²) >= 11 is 6.15. The van der Waals surface area contributed by atoms with Gasteiger partial charge in [-0.1, -0.05) is 48.0 Å². The maximum absolute atomic E-state index is 14.4. The van der Waals surface area contributed by atoms with E-state index >= 15 is 0 Å². The minimum absolute atomic E-state index is 0.0586. The Balaban J connectivity index is 0.000000314. The van der Waals surface area contributed by atoms with Crippen molar-refractivity contribution in [1.82, 2.24) is 4.98 Å². The summed E-state index contributed by atoms with van der Waals surface area (Å²) in [6.07, 6.45) is 0. The third-order valence-corrected chi connectivity index (χ3v) is 10.9. The predicted octanol–water partition coefficient (Wildman–Crippen LogP) is 3.50. The summed E-state index contributed by atoms with van der Waals surface area (Å²) in [5, 5.41) is 2.39. The topological polar surface area (TPSA) is 31.4 Å². The van der Waals surface area contributed by atoms with Gasteiger partial charge in [-0.05, 0) is 30.3 Å². The van der Waals surface area contributed by atoms with Crippen LogP contribution in [0.3, 0.4) is 0 Å². The highest BCUT2D eigenvalue weighted by atomic mass is 35.5. The summed E-state index contributed by atoms with van der Waals surface area (Å²) in [7, 11) is 0.994. The second kappa shape index (κ2) is 8.32. The first-order valence-corrected chi connectivity index (χ1v) is 15.8. The van der Waals surface area contributed by atoms with E-state index in [1.54, 1.807) is 18.2 Å². The molecule has 134 valence electrons. The number of para-hydroxylation sites is 1. The van der Waals surface area contributed by atoms with Crippen LogP contribution >= 0.6 is 11.6 Å². The highest BCUT2D eigenvalue weighted by molar-refractivity contribution is 7.08. The maximum atomic E-state index is 14.4. The molecule has 0 aliphatic carbocycles. The molecule has 0 amide bonds. The summed E-state index contributed by atoms with van der Waals surface area (Å²) < 4.78 is 23.7. The molecule has 3 nitrogen and oxygen atoms in total. The standard InChI is InChI=1S/C19H11ClFN.H4O2Si3/c20-12-9-10-18-15(11-12)19(13-5-1-3-7-16(13)21)14-6-2-4-8-17(14)22-18;1-2-4-5-3-1/h1-11H;3,5H,4H2. The number of hydrogen-bond acceptors (Lipinski definition) is 3. The average Bonchev–Trinajstić information content (AvgIpc) is 3.27. The van der Waals surface area contributed by atoms with Gasteiger partial charge >= 0.3 is 0 Å². The molecule has 1 aromatic heterocycles. The van der Waals surface area contributed by atoms with Crippen LogP contribution in [0.15, 0.2) is 66.7 Å². The maximum Gasteiger partial charge on any atom is 0.236 e. The average molecular weight is 428 g/mol. The summed E-state index contributed by atoms with van der Waals surface area (Å²) in [6, 6.07) is 20.1. The molecule has 2 heterocycles. The Morgan fingerprint density at radius 1 is 0.926 bits per heavy atom. The second-order valence-electron chi connectivity index (χ2n) is 5.90. The Bertz CT molecular complexity index is 1150. The summed E-state index contributed by atoms with van der Waals surface area (Å²) in [4.78, 5) is 4.65. The van der Waals surface area contributed by atoms with Crippen LogP contribution in [0.5, 0.6) is 0 Å². The Kier molecular flexibility index (Phi) is 5.65. The fraction of sp³-hybridized carbons (Fsp3) is 0. The molecule has 0 fully saturated rings. The van der Waals surface area contributed by atoms with Crippen LogP contribution in [0.1, 0.15) is 0 Å². The molecule has 1 aliphatic rings. The van der Waals surface area contributed by atoms with Gasteiger partial charge in [-0.25, -0.2) is 9.37 Å². The quantitative estimate of drug-likeness (QED) is 0.264. The molecule has 4 aromatic rings. The van der Waals surface area contributed by atoms with Gasteiger partial charge in [0.2, 0.25) is 18.1 Å². The normalized spacial score (nSPS) is 13.6. The Morgan fingerprint density at radius 2 is 1.70 bits per heavy atom. The van der Waals surface area contributed by atoms with Crippen LogP contribution < -0.4 is 0 Å². The molecule has 0 N–H and O–H groups in total. The number of hydrogen-bond donors (Lipinski definition) is 0. The van der Waals surface area contributed by atoms with Gasteiger partial charge in [0, 0.05) is 35.1 Å². The Labute approximate surface area is 166 Å². The van der Waals surface area contributed by atoms with E-state index in [4.69, 9.17) is 11.6 Å². The van der Waals surface area contributed by atoms with Crippen molar-refractivity contribution in [2.75, 3.05) is 0 Å². The lowest BCUT2D eigenvalue weighted by atomic mass is 9.96. The lowest BCUT2D eigenvalue weighted by Gasteiger charge is -2.12. The van der Waals surface area contributed by atoms with Crippen molar-refractivity contribution in [1.29, 1.82) is 0 Å². The molecule has 0 saturated heterocycles. The van der Waals surface area contributed by atoms with Crippen molar-refractivity contribution in [3.8, 4) is 11.1 Å². The molecule has 0 bridgehead atoms. The summed E-state index contributed by atoms with van der Waals surface area (Å²) in [6.45, 7) is 0. The van der Waals surface area contributed by atoms with E-state index in [9.17, 15) is 4.39 Å². The van der Waals surface area contributed by atoms with E-state index in [1.807, 2.05) is 42.5 Å². The Morgan fingerprint density at radius 3 is 2.44 bits per heavy atom. The third kappa shape index (κ3) is 3.97.